The molecule has 1 saturated heterocycles. The van der Waals surface area contributed by atoms with Crippen molar-refractivity contribution in [1.29, 1.82) is 5.26 Å². The third kappa shape index (κ3) is 5.24. The predicted octanol–water partition coefficient (Wildman–Crippen LogP) is 3.85. The van der Waals surface area contributed by atoms with E-state index in [0.717, 1.165) is 55.6 Å². The van der Waals surface area contributed by atoms with Gasteiger partial charge in [-0.25, -0.2) is 4.79 Å². The van der Waals surface area contributed by atoms with Crippen molar-refractivity contribution in [3.8, 4) is 11.8 Å². The molecule has 4 rings (SSSR count). The Labute approximate surface area is 184 Å². The van der Waals surface area contributed by atoms with Crippen molar-refractivity contribution in [3.63, 3.8) is 0 Å². The number of ether oxygens (including phenoxy) is 3. The number of fused-ring (bicyclic) bond motifs is 1. The van der Waals surface area contributed by atoms with Gasteiger partial charge >= 0.3 is 5.97 Å². The van der Waals surface area contributed by atoms with Gasteiger partial charge in [-0.05, 0) is 68.4 Å². The lowest BCUT2D eigenvalue weighted by Crippen LogP contribution is -2.21. The second-order valence-corrected chi connectivity index (χ2v) is 8.73. The first-order valence-electron chi connectivity index (χ1n) is 10.5. The molecule has 1 N–H and O–H groups in total. The normalized spacial score (nSPS) is 17.5. The molecular formula is C23H24N2O5S. The van der Waals surface area contributed by atoms with Crippen molar-refractivity contribution in [2.75, 3.05) is 25.1 Å². The van der Waals surface area contributed by atoms with Crippen LogP contribution in [0, 0.1) is 11.3 Å². The van der Waals surface area contributed by atoms with E-state index >= 15 is 0 Å². The van der Waals surface area contributed by atoms with Gasteiger partial charge in [0.05, 0.1) is 17.2 Å². The topological polar surface area (TPSA) is 97.7 Å². The van der Waals surface area contributed by atoms with E-state index in [0.29, 0.717) is 28.5 Å². The molecule has 162 valence electrons. The maximum Gasteiger partial charge on any atom is 0.338 e. The summed E-state index contributed by atoms with van der Waals surface area (Å²) in [6.07, 6.45) is 6.14. The number of benzene rings is 1. The second-order valence-electron chi connectivity index (χ2n) is 7.62. The van der Waals surface area contributed by atoms with E-state index in [1.165, 1.54) is 11.3 Å². The van der Waals surface area contributed by atoms with Crippen molar-refractivity contribution in [3.05, 3.63) is 45.8 Å². The third-order valence-corrected chi connectivity index (χ3v) is 6.63. The first kappa shape index (κ1) is 21.3. The predicted molar refractivity (Wildman–Crippen MR) is 115 cm³/mol. The average Bonchev–Trinajstić information content (AvgIpc) is 3.43. The van der Waals surface area contributed by atoms with Crippen LogP contribution >= 0.6 is 11.3 Å². The number of nitrogens with zero attached hydrogens (tertiary/aromatic N) is 1. The Hall–Kier alpha value is -2.89. The molecule has 2 aromatic rings. The van der Waals surface area contributed by atoms with E-state index < -0.39 is 18.5 Å². The maximum absolute atomic E-state index is 12.3. The molecule has 1 aliphatic heterocycles. The summed E-state index contributed by atoms with van der Waals surface area (Å²) in [6.45, 7) is 0.851. The van der Waals surface area contributed by atoms with Gasteiger partial charge in [-0.1, -0.05) is 0 Å². The van der Waals surface area contributed by atoms with Crippen molar-refractivity contribution in [2.24, 2.45) is 0 Å². The third-order valence-electron chi connectivity index (χ3n) is 5.42. The van der Waals surface area contributed by atoms with Crippen LogP contribution in [0.4, 0.5) is 5.00 Å². The first-order valence-corrected chi connectivity index (χ1v) is 11.3. The van der Waals surface area contributed by atoms with Gasteiger partial charge in [0.1, 0.15) is 23.4 Å². The van der Waals surface area contributed by atoms with E-state index in [1.807, 2.05) is 0 Å². The summed E-state index contributed by atoms with van der Waals surface area (Å²) < 4.78 is 16.3. The Morgan fingerprint density at radius 1 is 1.19 bits per heavy atom. The number of carbonyl (C=O) groups is 2. The Bertz CT molecular complexity index is 987. The van der Waals surface area contributed by atoms with E-state index in [9.17, 15) is 14.9 Å². The van der Waals surface area contributed by atoms with E-state index in [4.69, 9.17) is 14.2 Å². The van der Waals surface area contributed by atoms with Gasteiger partial charge < -0.3 is 19.5 Å². The summed E-state index contributed by atoms with van der Waals surface area (Å²) in [5.41, 5.74) is 1.92. The fourth-order valence-corrected chi connectivity index (χ4v) is 5.06. The monoisotopic (exact) mass is 440 g/mol. The largest absolute Gasteiger partial charge is 0.491 e. The number of rotatable bonds is 7. The number of anilines is 1. The fraction of sp³-hybridized carbons (Fsp3) is 0.435. The zero-order valence-corrected chi connectivity index (χ0v) is 18.0. The Morgan fingerprint density at radius 3 is 2.74 bits per heavy atom. The van der Waals surface area contributed by atoms with Gasteiger partial charge in [-0.2, -0.15) is 5.26 Å². The van der Waals surface area contributed by atoms with E-state index in [1.54, 1.807) is 24.3 Å². The molecule has 0 bridgehead atoms. The molecule has 2 aliphatic rings. The highest BCUT2D eigenvalue weighted by Crippen LogP contribution is 2.37. The van der Waals surface area contributed by atoms with Gasteiger partial charge in [-0.3, -0.25) is 4.79 Å². The molecule has 1 aromatic heterocycles. The number of thiophene rings is 1. The molecule has 1 atom stereocenters. The summed E-state index contributed by atoms with van der Waals surface area (Å²) in [6, 6.07) is 8.80. The lowest BCUT2D eigenvalue weighted by atomic mass is 9.96. The van der Waals surface area contributed by atoms with Crippen LogP contribution in [-0.4, -0.2) is 37.8 Å². The molecule has 1 fully saturated rings. The van der Waals surface area contributed by atoms with Crippen LogP contribution in [0.15, 0.2) is 24.3 Å². The van der Waals surface area contributed by atoms with Crippen molar-refractivity contribution < 1.29 is 23.8 Å². The molecule has 1 amide bonds. The summed E-state index contributed by atoms with van der Waals surface area (Å²) >= 11 is 1.44. The second kappa shape index (κ2) is 9.94. The molecule has 0 spiro atoms. The van der Waals surface area contributed by atoms with Gasteiger partial charge in [0.2, 0.25) is 0 Å². The van der Waals surface area contributed by atoms with Crippen LogP contribution in [0.1, 0.15) is 52.0 Å². The summed E-state index contributed by atoms with van der Waals surface area (Å²) in [4.78, 5) is 25.7. The van der Waals surface area contributed by atoms with Crippen molar-refractivity contribution in [1.82, 2.24) is 0 Å². The molecule has 31 heavy (non-hydrogen) atoms. The van der Waals surface area contributed by atoms with Gasteiger partial charge in [0, 0.05) is 11.5 Å². The lowest BCUT2D eigenvalue weighted by Gasteiger charge is -2.11. The molecule has 2 heterocycles. The lowest BCUT2D eigenvalue weighted by molar-refractivity contribution is -0.119. The number of esters is 1. The van der Waals surface area contributed by atoms with Crippen molar-refractivity contribution >= 4 is 28.2 Å². The fourth-order valence-electron chi connectivity index (χ4n) is 3.80. The van der Waals surface area contributed by atoms with Gasteiger partial charge in [-0.15, -0.1) is 11.3 Å². The van der Waals surface area contributed by atoms with Crippen LogP contribution in [0.25, 0.3) is 0 Å². The number of hydrogen-bond donors (Lipinski definition) is 1. The maximum atomic E-state index is 12.3. The highest BCUT2D eigenvalue weighted by atomic mass is 32.1. The first-order chi connectivity index (χ1) is 15.1. The Morgan fingerprint density at radius 2 is 2.00 bits per heavy atom. The number of hydrogen-bond acceptors (Lipinski definition) is 7. The molecule has 1 aliphatic carbocycles. The average molecular weight is 441 g/mol. The summed E-state index contributed by atoms with van der Waals surface area (Å²) in [5, 5.41) is 12.7. The van der Waals surface area contributed by atoms with Crippen molar-refractivity contribution in [2.45, 2.75) is 44.6 Å². The highest BCUT2D eigenvalue weighted by Gasteiger charge is 2.22. The van der Waals surface area contributed by atoms with Crippen LogP contribution in [0.3, 0.4) is 0 Å². The minimum absolute atomic E-state index is 0.124. The zero-order chi connectivity index (χ0) is 21.6. The smallest absolute Gasteiger partial charge is 0.338 e. The quantitative estimate of drug-likeness (QED) is 0.657. The molecule has 1 unspecified atom stereocenters. The summed E-state index contributed by atoms with van der Waals surface area (Å²) in [5.74, 6) is -0.401. The van der Waals surface area contributed by atoms with E-state index in [-0.39, 0.29) is 6.10 Å². The molecule has 0 saturated carbocycles. The summed E-state index contributed by atoms with van der Waals surface area (Å²) in [7, 11) is 0. The standard InChI is InChI=1S/C23H24N2O5S/c24-12-19-18-5-1-2-6-20(18)31-22(19)25-21(26)14-30-23(27)15-7-9-16(10-8-15)29-13-17-4-3-11-28-17/h7-10,17H,1-6,11,13-14H2,(H,25,26). The molecular weight excluding hydrogens is 416 g/mol. The minimum Gasteiger partial charge on any atom is -0.491 e. The zero-order valence-electron chi connectivity index (χ0n) is 17.1. The Balaban J connectivity index is 1.27. The van der Waals surface area contributed by atoms with Crippen LogP contribution in [0.2, 0.25) is 0 Å². The number of nitrogens with one attached hydrogen (secondary N) is 1. The van der Waals surface area contributed by atoms with E-state index in [2.05, 4.69) is 11.4 Å². The van der Waals surface area contributed by atoms with Crippen LogP contribution < -0.4 is 10.1 Å². The molecule has 0 radical (unpaired) electrons. The number of nitriles is 1. The molecule has 8 heteroatoms. The SMILES string of the molecule is N#Cc1c(NC(=O)COC(=O)c2ccc(OCC3CCCO3)cc2)sc2c1CCCC2. The van der Waals surface area contributed by atoms with Gasteiger partial charge in [0.25, 0.3) is 5.91 Å². The van der Waals surface area contributed by atoms with Crippen LogP contribution in [-0.2, 0) is 27.1 Å². The molecule has 7 nitrogen and oxygen atoms in total. The number of carbonyl (C=O) groups excluding carboxylic acids is 2. The minimum atomic E-state index is -0.591. The van der Waals surface area contributed by atoms with Gasteiger partial charge in [0.15, 0.2) is 6.61 Å². The van der Waals surface area contributed by atoms with Crippen LogP contribution in [0.5, 0.6) is 5.75 Å². The number of aryl methyl sites for hydroxylation is 1. The Kier molecular flexibility index (Phi) is 6.85. The molecule has 1 aromatic carbocycles. The highest BCUT2D eigenvalue weighted by molar-refractivity contribution is 7.16. The number of amides is 1.